The Balaban J connectivity index is 1.75. The molecule has 0 saturated carbocycles. The number of thioether (sulfide) groups is 1. The van der Waals surface area contributed by atoms with Crippen molar-refractivity contribution in [1.29, 1.82) is 5.26 Å². The molecule has 1 amide bonds. The van der Waals surface area contributed by atoms with E-state index in [0.29, 0.717) is 24.5 Å². The van der Waals surface area contributed by atoms with E-state index < -0.39 is 0 Å². The first-order chi connectivity index (χ1) is 12.6. The van der Waals surface area contributed by atoms with Crippen molar-refractivity contribution in [3.63, 3.8) is 0 Å². The largest absolute Gasteiger partial charge is 0.374 e. The molecule has 0 aromatic heterocycles. The van der Waals surface area contributed by atoms with Crippen molar-refractivity contribution < 1.29 is 9.53 Å². The molecule has 0 radical (unpaired) electrons. The van der Waals surface area contributed by atoms with Crippen LogP contribution in [0.2, 0.25) is 0 Å². The van der Waals surface area contributed by atoms with Crippen LogP contribution in [0.25, 0.3) is 0 Å². The Morgan fingerprint density at radius 1 is 1.15 bits per heavy atom. The minimum absolute atomic E-state index is 0.0169. The molecule has 2 aromatic rings. The van der Waals surface area contributed by atoms with Gasteiger partial charge in [0.1, 0.15) is 0 Å². The molecule has 2 aromatic carbocycles. The van der Waals surface area contributed by atoms with Gasteiger partial charge < -0.3 is 10.1 Å². The maximum Gasteiger partial charge on any atom is 0.230 e. The van der Waals surface area contributed by atoms with Crippen molar-refractivity contribution in [2.24, 2.45) is 0 Å². The van der Waals surface area contributed by atoms with E-state index >= 15 is 0 Å². The van der Waals surface area contributed by atoms with Crippen molar-refractivity contribution in [3.8, 4) is 6.07 Å². The molecular formula is C21H24N2O2S. The molecule has 0 aliphatic rings. The van der Waals surface area contributed by atoms with Gasteiger partial charge in [0.25, 0.3) is 0 Å². The number of hydrogen-bond donors (Lipinski definition) is 1. The summed E-state index contributed by atoms with van der Waals surface area (Å²) in [6, 6.07) is 17.6. The molecule has 1 N–H and O–H groups in total. The van der Waals surface area contributed by atoms with E-state index in [9.17, 15) is 4.79 Å². The molecule has 0 aliphatic heterocycles. The van der Waals surface area contributed by atoms with Crippen LogP contribution in [0.4, 0.5) is 0 Å². The molecule has 0 unspecified atom stereocenters. The van der Waals surface area contributed by atoms with Crippen LogP contribution in [0.1, 0.15) is 36.1 Å². The molecule has 0 bridgehead atoms. The number of benzene rings is 2. The number of nitriles is 1. The van der Waals surface area contributed by atoms with Gasteiger partial charge >= 0.3 is 0 Å². The Morgan fingerprint density at radius 2 is 1.85 bits per heavy atom. The lowest BCUT2D eigenvalue weighted by atomic mass is 10.1. The summed E-state index contributed by atoms with van der Waals surface area (Å²) in [5.74, 6) is 1.17. The lowest BCUT2D eigenvalue weighted by molar-refractivity contribution is -0.118. The molecule has 0 aliphatic carbocycles. The third-order valence-electron chi connectivity index (χ3n) is 3.75. The van der Waals surface area contributed by atoms with Gasteiger partial charge in [-0.3, -0.25) is 4.79 Å². The first kappa shape index (κ1) is 20.0. The molecule has 0 heterocycles. The van der Waals surface area contributed by atoms with Gasteiger partial charge in [-0.1, -0.05) is 36.4 Å². The number of hydrogen-bond acceptors (Lipinski definition) is 4. The van der Waals surface area contributed by atoms with Crippen LogP contribution in [0.3, 0.4) is 0 Å². The number of carbonyl (C=O) groups is 1. The monoisotopic (exact) mass is 368 g/mol. The van der Waals surface area contributed by atoms with Crippen LogP contribution >= 0.6 is 11.8 Å². The van der Waals surface area contributed by atoms with Gasteiger partial charge in [-0.15, -0.1) is 11.8 Å². The van der Waals surface area contributed by atoms with Gasteiger partial charge in [-0.25, -0.2) is 0 Å². The van der Waals surface area contributed by atoms with Crippen LogP contribution in [0.5, 0.6) is 0 Å². The number of amides is 1. The SMILES string of the molecule is CC(C)OCc1ccccc1CNC(=O)CSCc1ccc(C#N)cc1. The second-order valence-corrected chi connectivity index (χ2v) is 7.19. The first-order valence-electron chi connectivity index (χ1n) is 8.60. The van der Waals surface area contributed by atoms with E-state index in [1.54, 1.807) is 23.9 Å². The second kappa shape index (κ2) is 10.6. The summed E-state index contributed by atoms with van der Waals surface area (Å²) in [5.41, 5.74) is 3.94. The summed E-state index contributed by atoms with van der Waals surface area (Å²) in [6.07, 6.45) is 0.177. The van der Waals surface area contributed by atoms with Gasteiger partial charge in [-0.05, 0) is 42.7 Å². The predicted octanol–water partition coefficient (Wildman–Crippen LogP) is 4.03. The number of ether oxygens (including phenoxy) is 1. The highest BCUT2D eigenvalue weighted by Crippen LogP contribution is 2.14. The number of carbonyl (C=O) groups excluding carboxylic acids is 1. The van der Waals surface area contributed by atoms with Crippen molar-refractivity contribution in [2.45, 2.75) is 38.9 Å². The number of nitrogens with one attached hydrogen (secondary N) is 1. The molecule has 2 rings (SSSR count). The van der Waals surface area contributed by atoms with Gasteiger partial charge in [0.2, 0.25) is 5.91 Å². The lowest BCUT2D eigenvalue weighted by Gasteiger charge is -2.13. The Labute approximate surface area is 159 Å². The topological polar surface area (TPSA) is 62.1 Å². The predicted molar refractivity (Wildman–Crippen MR) is 106 cm³/mol. The Morgan fingerprint density at radius 3 is 2.50 bits per heavy atom. The Hall–Kier alpha value is -2.29. The maximum atomic E-state index is 12.1. The second-order valence-electron chi connectivity index (χ2n) is 6.21. The summed E-state index contributed by atoms with van der Waals surface area (Å²) in [6.45, 7) is 5.08. The van der Waals surface area contributed by atoms with Crippen LogP contribution in [-0.2, 0) is 28.4 Å². The molecule has 0 spiro atoms. The van der Waals surface area contributed by atoms with Crippen molar-refractivity contribution in [3.05, 3.63) is 70.8 Å². The van der Waals surface area contributed by atoms with Gasteiger partial charge in [0, 0.05) is 12.3 Å². The summed E-state index contributed by atoms with van der Waals surface area (Å²) < 4.78 is 5.67. The first-order valence-corrected chi connectivity index (χ1v) is 9.76. The minimum atomic E-state index is 0.0169. The lowest BCUT2D eigenvalue weighted by Crippen LogP contribution is -2.25. The van der Waals surface area contributed by atoms with Crippen LogP contribution in [0.15, 0.2) is 48.5 Å². The average Bonchev–Trinajstić information content (AvgIpc) is 2.66. The highest BCUT2D eigenvalue weighted by atomic mass is 32.2. The molecule has 5 heteroatoms. The molecule has 0 saturated heterocycles. The third-order valence-corrected chi connectivity index (χ3v) is 4.76. The van der Waals surface area contributed by atoms with E-state index in [2.05, 4.69) is 11.4 Å². The maximum absolute atomic E-state index is 12.1. The zero-order chi connectivity index (χ0) is 18.8. The fourth-order valence-corrected chi connectivity index (χ4v) is 3.13. The van der Waals surface area contributed by atoms with Gasteiger partial charge in [0.05, 0.1) is 30.1 Å². The summed E-state index contributed by atoms with van der Waals surface area (Å²) in [5, 5.41) is 11.8. The molecule has 26 heavy (non-hydrogen) atoms. The summed E-state index contributed by atoms with van der Waals surface area (Å²) >= 11 is 1.56. The standard InChI is InChI=1S/C21H24N2O2S/c1-16(2)25-13-20-6-4-3-5-19(20)12-23-21(24)15-26-14-18-9-7-17(11-22)8-10-18/h3-10,16H,12-15H2,1-2H3,(H,23,24). The van der Waals surface area contributed by atoms with E-state index in [1.807, 2.05) is 50.2 Å². The molecule has 0 fully saturated rings. The molecule has 136 valence electrons. The van der Waals surface area contributed by atoms with Crippen molar-refractivity contribution in [2.75, 3.05) is 5.75 Å². The van der Waals surface area contributed by atoms with Crippen LogP contribution < -0.4 is 5.32 Å². The van der Waals surface area contributed by atoms with Crippen molar-refractivity contribution in [1.82, 2.24) is 5.32 Å². The normalized spacial score (nSPS) is 10.5. The van der Waals surface area contributed by atoms with Crippen molar-refractivity contribution >= 4 is 17.7 Å². The minimum Gasteiger partial charge on any atom is -0.374 e. The van der Waals surface area contributed by atoms with E-state index in [-0.39, 0.29) is 12.0 Å². The quantitative estimate of drug-likeness (QED) is 0.726. The number of rotatable bonds is 9. The zero-order valence-electron chi connectivity index (χ0n) is 15.2. The third kappa shape index (κ3) is 6.91. The van der Waals surface area contributed by atoms with Crippen LogP contribution in [0, 0.1) is 11.3 Å². The summed E-state index contributed by atoms with van der Waals surface area (Å²) in [7, 11) is 0. The molecular weight excluding hydrogens is 344 g/mol. The highest BCUT2D eigenvalue weighted by molar-refractivity contribution is 7.99. The van der Waals surface area contributed by atoms with E-state index in [4.69, 9.17) is 10.00 Å². The smallest absolute Gasteiger partial charge is 0.230 e. The fraction of sp³-hybridized carbons (Fsp3) is 0.333. The summed E-state index contributed by atoms with van der Waals surface area (Å²) in [4.78, 5) is 12.1. The Kier molecular flexibility index (Phi) is 8.20. The Bertz CT molecular complexity index is 751. The van der Waals surface area contributed by atoms with E-state index in [1.165, 1.54) is 0 Å². The highest BCUT2D eigenvalue weighted by Gasteiger charge is 2.06. The average molecular weight is 369 g/mol. The number of nitrogens with zero attached hydrogens (tertiary/aromatic N) is 1. The fourth-order valence-electron chi connectivity index (χ4n) is 2.31. The van der Waals surface area contributed by atoms with E-state index in [0.717, 1.165) is 22.4 Å². The van der Waals surface area contributed by atoms with Gasteiger partial charge in [0.15, 0.2) is 0 Å². The molecule has 0 atom stereocenters. The molecule has 4 nitrogen and oxygen atoms in total. The van der Waals surface area contributed by atoms with Gasteiger partial charge in [-0.2, -0.15) is 5.26 Å². The zero-order valence-corrected chi connectivity index (χ0v) is 16.0. The van der Waals surface area contributed by atoms with Crippen LogP contribution in [-0.4, -0.2) is 17.8 Å².